The zero-order valence-corrected chi connectivity index (χ0v) is 10.6. The standard InChI is InChI=1S/C13H9ClF2N2O/c1-7-5-6-8(15)11(12(7)16)13(19)18-10-4-2-3-9(14)17-10/h2-6H,1H3,(H,17,18,19). The summed E-state index contributed by atoms with van der Waals surface area (Å²) in [7, 11) is 0. The lowest BCUT2D eigenvalue weighted by Crippen LogP contribution is -2.17. The highest BCUT2D eigenvalue weighted by Crippen LogP contribution is 2.18. The second kappa shape index (κ2) is 5.32. The van der Waals surface area contributed by atoms with Gasteiger partial charge in [-0.15, -0.1) is 0 Å². The second-order valence-electron chi connectivity index (χ2n) is 3.85. The average Bonchev–Trinajstić information content (AvgIpc) is 2.34. The molecule has 2 aromatic rings. The molecule has 0 aliphatic carbocycles. The average molecular weight is 283 g/mol. The van der Waals surface area contributed by atoms with Gasteiger partial charge in [0.25, 0.3) is 5.91 Å². The number of amides is 1. The Labute approximate surface area is 113 Å². The van der Waals surface area contributed by atoms with E-state index in [9.17, 15) is 13.6 Å². The van der Waals surface area contributed by atoms with Crippen molar-refractivity contribution in [3.63, 3.8) is 0 Å². The summed E-state index contributed by atoms with van der Waals surface area (Å²) in [6.07, 6.45) is 0. The number of rotatable bonds is 2. The van der Waals surface area contributed by atoms with Gasteiger partial charge in [-0.3, -0.25) is 4.79 Å². The first-order chi connectivity index (χ1) is 8.99. The Morgan fingerprint density at radius 2 is 2.00 bits per heavy atom. The van der Waals surface area contributed by atoms with Crippen LogP contribution in [0.5, 0.6) is 0 Å². The third-order valence-electron chi connectivity index (χ3n) is 2.47. The highest BCUT2D eigenvalue weighted by molar-refractivity contribution is 6.29. The molecule has 1 aromatic heterocycles. The van der Waals surface area contributed by atoms with Gasteiger partial charge in [0.05, 0.1) is 0 Å². The van der Waals surface area contributed by atoms with Gasteiger partial charge in [0.2, 0.25) is 0 Å². The van der Waals surface area contributed by atoms with E-state index in [-0.39, 0.29) is 16.5 Å². The largest absolute Gasteiger partial charge is 0.306 e. The molecule has 0 aliphatic heterocycles. The van der Waals surface area contributed by atoms with Crippen molar-refractivity contribution in [1.29, 1.82) is 0 Å². The van der Waals surface area contributed by atoms with Crippen LogP contribution < -0.4 is 5.32 Å². The number of nitrogens with zero attached hydrogens (tertiary/aromatic N) is 1. The second-order valence-corrected chi connectivity index (χ2v) is 4.24. The zero-order valence-electron chi connectivity index (χ0n) is 9.88. The fourth-order valence-corrected chi connectivity index (χ4v) is 1.69. The Kier molecular flexibility index (Phi) is 3.76. The Morgan fingerprint density at radius 1 is 1.26 bits per heavy atom. The summed E-state index contributed by atoms with van der Waals surface area (Å²) in [4.78, 5) is 15.7. The Morgan fingerprint density at radius 3 is 2.68 bits per heavy atom. The first-order valence-corrected chi connectivity index (χ1v) is 5.75. The third kappa shape index (κ3) is 2.88. The first-order valence-electron chi connectivity index (χ1n) is 5.37. The van der Waals surface area contributed by atoms with Crippen LogP contribution in [0, 0.1) is 18.6 Å². The van der Waals surface area contributed by atoms with Gasteiger partial charge < -0.3 is 5.32 Å². The molecule has 0 fully saturated rings. The summed E-state index contributed by atoms with van der Waals surface area (Å²) in [5.74, 6) is -2.60. The number of hydrogen-bond donors (Lipinski definition) is 1. The quantitative estimate of drug-likeness (QED) is 0.856. The van der Waals surface area contributed by atoms with Crippen molar-refractivity contribution in [2.75, 3.05) is 5.32 Å². The van der Waals surface area contributed by atoms with E-state index in [1.807, 2.05) is 0 Å². The van der Waals surface area contributed by atoms with E-state index in [0.717, 1.165) is 6.07 Å². The zero-order chi connectivity index (χ0) is 14.0. The lowest BCUT2D eigenvalue weighted by molar-refractivity contribution is 0.101. The molecule has 0 spiro atoms. The number of nitrogens with one attached hydrogen (secondary N) is 1. The lowest BCUT2D eigenvalue weighted by Gasteiger charge is -2.08. The predicted molar refractivity (Wildman–Crippen MR) is 68.3 cm³/mol. The van der Waals surface area contributed by atoms with Gasteiger partial charge in [0.15, 0.2) is 0 Å². The van der Waals surface area contributed by atoms with Crippen molar-refractivity contribution in [1.82, 2.24) is 4.98 Å². The molecular formula is C13H9ClF2N2O. The number of pyridine rings is 1. The summed E-state index contributed by atoms with van der Waals surface area (Å²) >= 11 is 5.65. The molecule has 1 amide bonds. The maximum Gasteiger partial charge on any atom is 0.262 e. The van der Waals surface area contributed by atoms with Crippen LogP contribution in [-0.4, -0.2) is 10.9 Å². The summed E-state index contributed by atoms with van der Waals surface area (Å²) < 4.78 is 27.3. The molecule has 0 unspecified atom stereocenters. The van der Waals surface area contributed by atoms with Crippen LogP contribution in [0.4, 0.5) is 14.6 Å². The van der Waals surface area contributed by atoms with Crippen molar-refractivity contribution in [3.05, 3.63) is 58.2 Å². The van der Waals surface area contributed by atoms with Gasteiger partial charge in [0, 0.05) is 0 Å². The maximum atomic E-state index is 13.7. The van der Waals surface area contributed by atoms with Crippen LogP contribution >= 0.6 is 11.6 Å². The van der Waals surface area contributed by atoms with Crippen molar-refractivity contribution in [2.24, 2.45) is 0 Å². The van der Waals surface area contributed by atoms with E-state index in [1.165, 1.54) is 25.1 Å². The number of carbonyl (C=O) groups is 1. The summed E-state index contributed by atoms with van der Waals surface area (Å²) in [5.41, 5.74) is -0.452. The van der Waals surface area contributed by atoms with E-state index >= 15 is 0 Å². The Hall–Kier alpha value is -2.01. The molecule has 1 heterocycles. The highest BCUT2D eigenvalue weighted by Gasteiger charge is 2.19. The molecule has 0 radical (unpaired) electrons. The van der Waals surface area contributed by atoms with Crippen LogP contribution in [0.3, 0.4) is 0 Å². The van der Waals surface area contributed by atoms with Crippen molar-refractivity contribution in [3.8, 4) is 0 Å². The first kappa shape index (κ1) is 13.4. The molecule has 0 atom stereocenters. The van der Waals surface area contributed by atoms with Crippen LogP contribution in [0.1, 0.15) is 15.9 Å². The van der Waals surface area contributed by atoms with Crippen molar-refractivity contribution < 1.29 is 13.6 Å². The SMILES string of the molecule is Cc1ccc(F)c(C(=O)Nc2cccc(Cl)n2)c1F. The van der Waals surface area contributed by atoms with Gasteiger partial charge in [0.1, 0.15) is 28.2 Å². The topological polar surface area (TPSA) is 42.0 Å². The van der Waals surface area contributed by atoms with E-state index < -0.39 is 23.1 Å². The summed E-state index contributed by atoms with van der Waals surface area (Å²) in [6.45, 7) is 1.45. The van der Waals surface area contributed by atoms with Gasteiger partial charge in [-0.25, -0.2) is 13.8 Å². The number of halogens is 3. The molecule has 1 N–H and O–H groups in total. The molecule has 6 heteroatoms. The van der Waals surface area contributed by atoms with Gasteiger partial charge in [-0.1, -0.05) is 23.7 Å². The highest BCUT2D eigenvalue weighted by atomic mass is 35.5. The van der Waals surface area contributed by atoms with Gasteiger partial charge in [-0.05, 0) is 30.7 Å². The fraction of sp³-hybridized carbons (Fsp3) is 0.0769. The molecule has 0 aliphatic rings. The molecule has 1 aromatic carbocycles. The van der Waals surface area contributed by atoms with E-state index in [0.29, 0.717) is 0 Å². The molecule has 19 heavy (non-hydrogen) atoms. The minimum absolute atomic E-state index is 0.123. The molecule has 0 saturated heterocycles. The van der Waals surface area contributed by atoms with Gasteiger partial charge in [-0.2, -0.15) is 0 Å². The van der Waals surface area contributed by atoms with Crippen LogP contribution in [0.15, 0.2) is 30.3 Å². The molecule has 0 bridgehead atoms. The van der Waals surface area contributed by atoms with Crippen molar-refractivity contribution in [2.45, 2.75) is 6.92 Å². The number of aromatic nitrogens is 1. The summed E-state index contributed by atoms with van der Waals surface area (Å²) in [5, 5.41) is 2.46. The fourth-order valence-electron chi connectivity index (χ4n) is 1.52. The minimum Gasteiger partial charge on any atom is -0.306 e. The predicted octanol–water partition coefficient (Wildman–Crippen LogP) is 3.57. The summed E-state index contributed by atoms with van der Waals surface area (Å²) in [6, 6.07) is 6.85. The lowest BCUT2D eigenvalue weighted by atomic mass is 10.1. The maximum absolute atomic E-state index is 13.7. The smallest absolute Gasteiger partial charge is 0.262 e. The minimum atomic E-state index is -0.928. The van der Waals surface area contributed by atoms with Gasteiger partial charge >= 0.3 is 0 Å². The van der Waals surface area contributed by atoms with E-state index in [1.54, 1.807) is 6.07 Å². The molecule has 2 rings (SSSR count). The number of anilines is 1. The number of carbonyl (C=O) groups excluding carboxylic acids is 1. The Balaban J connectivity index is 2.33. The number of benzene rings is 1. The number of aryl methyl sites for hydroxylation is 1. The van der Waals surface area contributed by atoms with Crippen LogP contribution in [-0.2, 0) is 0 Å². The molecule has 98 valence electrons. The van der Waals surface area contributed by atoms with E-state index in [2.05, 4.69) is 10.3 Å². The van der Waals surface area contributed by atoms with Crippen LogP contribution in [0.25, 0.3) is 0 Å². The van der Waals surface area contributed by atoms with Crippen LogP contribution in [0.2, 0.25) is 5.15 Å². The number of hydrogen-bond acceptors (Lipinski definition) is 2. The molecule has 3 nitrogen and oxygen atoms in total. The van der Waals surface area contributed by atoms with Crippen molar-refractivity contribution >= 4 is 23.3 Å². The Bertz CT molecular complexity index is 647. The molecular weight excluding hydrogens is 274 g/mol. The van der Waals surface area contributed by atoms with E-state index in [4.69, 9.17) is 11.6 Å². The third-order valence-corrected chi connectivity index (χ3v) is 2.68. The molecule has 0 saturated carbocycles. The monoisotopic (exact) mass is 282 g/mol. The normalized spacial score (nSPS) is 10.3.